The highest BCUT2D eigenvalue weighted by molar-refractivity contribution is 6.04. The van der Waals surface area contributed by atoms with Crippen LogP contribution >= 0.6 is 0 Å². The number of amides is 1. The highest BCUT2D eigenvalue weighted by Gasteiger charge is 2.12. The summed E-state index contributed by atoms with van der Waals surface area (Å²) in [7, 11) is 1.48. The molecular weight excluding hydrogens is 261 g/mol. The Morgan fingerprint density at radius 1 is 1.40 bits per heavy atom. The van der Waals surface area contributed by atoms with E-state index in [4.69, 9.17) is 11.3 Å². The van der Waals surface area contributed by atoms with Crippen molar-refractivity contribution in [1.82, 2.24) is 4.98 Å². The SMILES string of the molecule is [C-]#[N+]c1ccc(C(=O)Nc2ccc(OC)nc2)c(F)c1. The zero-order chi connectivity index (χ0) is 14.5. The van der Waals surface area contributed by atoms with Crippen molar-refractivity contribution >= 4 is 17.3 Å². The summed E-state index contributed by atoms with van der Waals surface area (Å²) in [6.07, 6.45) is 1.40. The van der Waals surface area contributed by atoms with Crippen molar-refractivity contribution in [2.24, 2.45) is 0 Å². The molecule has 0 radical (unpaired) electrons. The van der Waals surface area contributed by atoms with E-state index in [1.165, 1.54) is 25.4 Å². The van der Waals surface area contributed by atoms with Crippen molar-refractivity contribution in [2.45, 2.75) is 0 Å². The number of carbonyl (C=O) groups is 1. The second-order valence-corrected chi connectivity index (χ2v) is 3.82. The van der Waals surface area contributed by atoms with Crippen LogP contribution in [0.25, 0.3) is 4.85 Å². The molecule has 100 valence electrons. The fourth-order valence-electron chi connectivity index (χ4n) is 1.53. The molecule has 1 aromatic carbocycles. The molecule has 5 nitrogen and oxygen atoms in total. The van der Waals surface area contributed by atoms with Gasteiger partial charge in [0.25, 0.3) is 5.91 Å². The molecule has 0 atom stereocenters. The molecule has 1 heterocycles. The van der Waals surface area contributed by atoms with Crippen molar-refractivity contribution < 1.29 is 13.9 Å². The smallest absolute Gasteiger partial charge is 0.258 e. The van der Waals surface area contributed by atoms with E-state index >= 15 is 0 Å². The molecule has 0 unspecified atom stereocenters. The Labute approximate surface area is 114 Å². The van der Waals surface area contributed by atoms with Crippen molar-refractivity contribution in [3.63, 3.8) is 0 Å². The number of hydrogen-bond donors (Lipinski definition) is 1. The van der Waals surface area contributed by atoms with Gasteiger partial charge >= 0.3 is 0 Å². The molecule has 0 saturated carbocycles. The van der Waals surface area contributed by atoms with Crippen LogP contribution in [0.3, 0.4) is 0 Å². The van der Waals surface area contributed by atoms with Crippen LogP contribution in [0, 0.1) is 12.4 Å². The second kappa shape index (κ2) is 5.80. The van der Waals surface area contributed by atoms with E-state index < -0.39 is 11.7 Å². The number of aromatic nitrogens is 1. The van der Waals surface area contributed by atoms with Gasteiger partial charge in [-0.2, -0.15) is 0 Å². The molecular formula is C14H10FN3O2. The van der Waals surface area contributed by atoms with E-state index in [-0.39, 0.29) is 11.3 Å². The molecule has 0 aliphatic carbocycles. The normalized spacial score (nSPS) is 9.65. The first kappa shape index (κ1) is 13.5. The minimum absolute atomic E-state index is 0.131. The average Bonchev–Trinajstić information content (AvgIpc) is 2.47. The number of carbonyl (C=O) groups excluding carboxylic acids is 1. The predicted molar refractivity (Wildman–Crippen MR) is 71.4 cm³/mol. The van der Waals surface area contributed by atoms with Crippen molar-refractivity contribution in [1.29, 1.82) is 0 Å². The fourth-order valence-corrected chi connectivity index (χ4v) is 1.53. The zero-order valence-electron chi connectivity index (χ0n) is 10.6. The summed E-state index contributed by atoms with van der Waals surface area (Å²) in [5.74, 6) is -0.931. The molecule has 1 N–H and O–H groups in total. The van der Waals surface area contributed by atoms with Crippen LogP contribution in [0.1, 0.15) is 10.4 Å². The molecule has 1 aromatic heterocycles. The maximum atomic E-state index is 13.7. The molecule has 2 aromatic rings. The minimum atomic E-state index is -0.738. The van der Waals surface area contributed by atoms with Crippen molar-refractivity contribution in [2.75, 3.05) is 12.4 Å². The van der Waals surface area contributed by atoms with Gasteiger partial charge in [-0.3, -0.25) is 4.79 Å². The van der Waals surface area contributed by atoms with Crippen LogP contribution < -0.4 is 10.1 Å². The summed E-state index contributed by atoms with van der Waals surface area (Å²) >= 11 is 0. The molecule has 0 aliphatic rings. The van der Waals surface area contributed by atoms with E-state index in [0.29, 0.717) is 11.6 Å². The van der Waals surface area contributed by atoms with Gasteiger partial charge in [0.1, 0.15) is 5.82 Å². The predicted octanol–water partition coefficient (Wildman–Crippen LogP) is 3.03. The third kappa shape index (κ3) is 2.90. The largest absolute Gasteiger partial charge is 0.481 e. The number of benzene rings is 1. The highest BCUT2D eigenvalue weighted by atomic mass is 19.1. The summed E-state index contributed by atoms with van der Waals surface area (Å²) in [4.78, 5) is 18.9. The van der Waals surface area contributed by atoms with Gasteiger partial charge in [0.2, 0.25) is 5.88 Å². The number of methoxy groups -OCH3 is 1. The Balaban J connectivity index is 2.17. The van der Waals surface area contributed by atoms with Crippen molar-refractivity contribution in [3.05, 3.63) is 59.3 Å². The van der Waals surface area contributed by atoms with Crippen LogP contribution in [-0.4, -0.2) is 18.0 Å². The summed E-state index contributed by atoms with van der Waals surface area (Å²) in [5.41, 5.74) is 0.433. The number of anilines is 1. The maximum Gasteiger partial charge on any atom is 0.258 e. The van der Waals surface area contributed by atoms with Gasteiger partial charge in [0, 0.05) is 6.07 Å². The summed E-state index contributed by atoms with van der Waals surface area (Å²) in [5, 5.41) is 2.51. The van der Waals surface area contributed by atoms with Gasteiger partial charge in [-0.25, -0.2) is 14.2 Å². The lowest BCUT2D eigenvalue weighted by Crippen LogP contribution is -2.13. The standard InChI is InChI=1S/C14H10FN3O2/c1-16-9-3-5-11(12(15)7-9)14(19)18-10-4-6-13(20-2)17-8-10/h3-8H,2H3,(H,18,19). The number of ether oxygens (including phenoxy) is 1. The number of nitrogens with one attached hydrogen (secondary N) is 1. The topological polar surface area (TPSA) is 55.6 Å². The minimum Gasteiger partial charge on any atom is -0.481 e. The Hall–Kier alpha value is -2.94. The van der Waals surface area contributed by atoms with Gasteiger partial charge in [0.05, 0.1) is 31.1 Å². The first-order valence-corrected chi connectivity index (χ1v) is 5.62. The quantitative estimate of drug-likeness (QED) is 0.873. The van der Waals surface area contributed by atoms with Crippen LogP contribution in [0.5, 0.6) is 5.88 Å². The maximum absolute atomic E-state index is 13.7. The Kier molecular flexibility index (Phi) is 3.91. The molecule has 0 aliphatic heterocycles. The Morgan fingerprint density at radius 2 is 2.20 bits per heavy atom. The van der Waals surface area contributed by atoms with Crippen LogP contribution in [0.2, 0.25) is 0 Å². The molecule has 0 saturated heterocycles. The third-order valence-electron chi connectivity index (χ3n) is 2.53. The lowest BCUT2D eigenvalue weighted by molar-refractivity contribution is 0.102. The van der Waals surface area contributed by atoms with Crippen LogP contribution in [0.4, 0.5) is 15.8 Å². The molecule has 20 heavy (non-hydrogen) atoms. The molecule has 0 spiro atoms. The summed E-state index contributed by atoms with van der Waals surface area (Å²) in [6.45, 7) is 6.77. The van der Waals surface area contributed by atoms with Crippen molar-refractivity contribution in [3.8, 4) is 5.88 Å². The average molecular weight is 271 g/mol. The van der Waals surface area contributed by atoms with Crippen LogP contribution in [0.15, 0.2) is 36.5 Å². The van der Waals surface area contributed by atoms with Gasteiger partial charge in [-0.1, -0.05) is 12.1 Å². The first-order valence-electron chi connectivity index (χ1n) is 5.62. The van der Waals surface area contributed by atoms with E-state index in [2.05, 4.69) is 15.1 Å². The summed E-state index contributed by atoms with van der Waals surface area (Å²) < 4.78 is 18.6. The van der Waals surface area contributed by atoms with E-state index in [0.717, 1.165) is 6.07 Å². The van der Waals surface area contributed by atoms with E-state index in [1.807, 2.05) is 0 Å². The lowest BCUT2D eigenvalue weighted by Gasteiger charge is -2.06. The zero-order valence-corrected chi connectivity index (χ0v) is 10.6. The number of halogens is 1. The molecule has 0 bridgehead atoms. The van der Waals surface area contributed by atoms with E-state index in [9.17, 15) is 9.18 Å². The molecule has 0 fully saturated rings. The first-order chi connectivity index (χ1) is 9.63. The summed E-state index contributed by atoms with van der Waals surface area (Å²) in [6, 6.07) is 6.85. The molecule has 1 amide bonds. The lowest BCUT2D eigenvalue weighted by atomic mass is 10.2. The number of hydrogen-bond acceptors (Lipinski definition) is 3. The molecule has 6 heteroatoms. The van der Waals surface area contributed by atoms with E-state index in [1.54, 1.807) is 12.1 Å². The highest BCUT2D eigenvalue weighted by Crippen LogP contribution is 2.18. The second-order valence-electron chi connectivity index (χ2n) is 3.82. The van der Waals surface area contributed by atoms with Gasteiger partial charge < -0.3 is 10.1 Å². The number of pyridine rings is 1. The van der Waals surface area contributed by atoms with Crippen LogP contribution in [-0.2, 0) is 0 Å². The number of rotatable bonds is 3. The Morgan fingerprint density at radius 3 is 2.75 bits per heavy atom. The Bertz CT molecular complexity index is 678. The van der Waals surface area contributed by atoms with Gasteiger partial charge in [-0.05, 0) is 12.1 Å². The molecule has 2 rings (SSSR count). The van der Waals surface area contributed by atoms with Gasteiger partial charge in [-0.15, -0.1) is 0 Å². The monoisotopic (exact) mass is 271 g/mol. The van der Waals surface area contributed by atoms with Gasteiger partial charge in [0.15, 0.2) is 5.69 Å². The third-order valence-corrected chi connectivity index (χ3v) is 2.53. The fraction of sp³-hybridized carbons (Fsp3) is 0.0714. The number of nitrogens with zero attached hydrogens (tertiary/aromatic N) is 2.